The molecule has 0 radical (unpaired) electrons. The summed E-state index contributed by atoms with van der Waals surface area (Å²) in [4.78, 5) is 1.84. The van der Waals surface area contributed by atoms with Crippen LogP contribution in [0.3, 0.4) is 0 Å². The number of halogens is 3. The van der Waals surface area contributed by atoms with Gasteiger partial charge in [0.2, 0.25) is 0 Å². The standard InChI is InChI=1S/C12H15F3N2/c13-12(14,15)10-5-6-17(8-10)7-9-1-3-11(16)4-2-9/h1-4,10H,5-8,16H2. The number of nitrogens with two attached hydrogens (primary N) is 1. The molecule has 0 bridgehead atoms. The van der Waals surface area contributed by atoms with E-state index in [1.54, 1.807) is 12.1 Å². The number of benzene rings is 1. The maximum atomic E-state index is 12.5. The molecule has 0 amide bonds. The van der Waals surface area contributed by atoms with Crippen molar-refractivity contribution in [1.82, 2.24) is 4.90 Å². The topological polar surface area (TPSA) is 29.3 Å². The lowest BCUT2D eigenvalue weighted by atomic mass is 10.1. The van der Waals surface area contributed by atoms with Gasteiger partial charge in [0.15, 0.2) is 0 Å². The third-order valence-electron chi connectivity index (χ3n) is 3.12. The summed E-state index contributed by atoms with van der Waals surface area (Å²) in [7, 11) is 0. The molecule has 0 saturated carbocycles. The molecule has 1 aliphatic rings. The molecule has 0 aromatic heterocycles. The van der Waals surface area contributed by atoms with Crippen LogP contribution < -0.4 is 5.73 Å². The van der Waals surface area contributed by atoms with Crippen molar-refractivity contribution in [1.29, 1.82) is 0 Å². The lowest BCUT2D eigenvalue weighted by Crippen LogP contribution is -2.27. The highest BCUT2D eigenvalue weighted by atomic mass is 19.4. The molecule has 5 heteroatoms. The first-order chi connectivity index (χ1) is 7.95. The SMILES string of the molecule is Nc1ccc(CN2CCC(C(F)(F)F)C2)cc1. The zero-order chi connectivity index (χ0) is 12.5. The average Bonchev–Trinajstić information content (AvgIpc) is 2.69. The van der Waals surface area contributed by atoms with Gasteiger partial charge >= 0.3 is 6.18 Å². The number of hydrogen-bond donors (Lipinski definition) is 1. The molecule has 1 aliphatic heterocycles. The van der Waals surface area contributed by atoms with Gasteiger partial charge in [-0.05, 0) is 30.7 Å². The minimum atomic E-state index is -4.06. The van der Waals surface area contributed by atoms with Crippen molar-refractivity contribution in [3.05, 3.63) is 29.8 Å². The van der Waals surface area contributed by atoms with Crippen molar-refractivity contribution in [2.45, 2.75) is 19.1 Å². The van der Waals surface area contributed by atoms with Crippen LogP contribution in [-0.2, 0) is 6.54 Å². The predicted molar refractivity (Wildman–Crippen MR) is 60.3 cm³/mol. The van der Waals surface area contributed by atoms with Gasteiger partial charge in [0.05, 0.1) is 5.92 Å². The highest BCUT2D eigenvalue weighted by Crippen LogP contribution is 2.33. The van der Waals surface area contributed by atoms with Crippen LogP contribution in [0.25, 0.3) is 0 Å². The number of likely N-dealkylation sites (tertiary alicyclic amines) is 1. The monoisotopic (exact) mass is 244 g/mol. The summed E-state index contributed by atoms with van der Waals surface area (Å²) in [5.41, 5.74) is 7.22. The van der Waals surface area contributed by atoms with E-state index in [0.717, 1.165) is 5.56 Å². The lowest BCUT2D eigenvalue weighted by molar-refractivity contribution is -0.170. The second-order valence-corrected chi connectivity index (χ2v) is 4.50. The smallest absolute Gasteiger partial charge is 0.393 e. The molecule has 1 unspecified atom stereocenters. The molecular formula is C12H15F3N2. The summed E-state index contributed by atoms with van der Waals surface area (Å²) in [6.45, 7) is 1.18. The molecule has 1 saturated heterocycles. The first-order valence-corrected chi connectivity index (χ1v) is 5.58. The van der Waals surface area contributed by atoms with Gasteiger partial charge in [-0.1, -0.05) is 12.1 Å². The highest BCUT2D eigenvalue weighted by Gasteiger charge is 2.43. The van der Waals surface area contributed by atoms with Crippen LogP contribution in [0.1, 0.15) is 12.0 Å². The maximum absolute atomic E-state index is 12.5. The normalized spacial score (nSPS) is 21.9. The van der Waals surface area contributed by atoms with Crippen LogP contribution in [0.4, 0.5) is 18.9 Å². The zero-order valence-corrected chi connectivity index (χ0v) is 9.37. The molecule has 0 spiro atoms. The van der Waals surface area contributed by atoms with Crippen LogP contribution in [0.2, 0.25) is 0 Å². The van der Waals surface area contributed by atoms with Gasteiger partial charge in [-0.15, -0.1) is 0 Å². The van der Waals surface area contributed by atoms with Crippen LogP contribution in [0.5, 0.6) is 0 Å². The Hall–Kier alpha value is -1.23. The molecule has 94 valence electrons. The quantitative estimate of drug-likeness (QED) is 0.810. The molecular weight excluding hydrogens is 229 g/mol. The van der Waals surface area contributed by atoms with E-state index in [1.165, 1.54) is 0 Å². The molecule has 1 aromatic carbocycles. The fraction of sp³-hybridized carbons (Fsp3) is 0.500. The number of rotatable bonds is 2. The number of alkyl halides is 3. The van der Waals surface area contributed by atoms with Crippen molar-refractivity contribution in [3.8, 4) is 0 Å². The van der Waals surface area contributed by atoms with Gasteiger partial charge in [0.25, 0.3) is 0 Å². The van der Waals surface area contributed by atoms with Crippen LogP contribution in [0.15, 0.2) is 24.3 Å². The zero-order valence-electron chi connectivity index (χ0n) is 9.37. The van der Waals surface area contributed by atoms with E-state index in [9.17, 15) is 13.2 Å². The van der Waals surface area contributed by atoms with Gasteiger partial charge in [0, 0.05) is 18.8 Å². The van der Waals surface area contributed by atoms with Crippen LogP contribution >= 0.6 is 0 Å². The van der Waals surface area contributed by atoms with Crippen molar-refractivity contribution >= 4 is 5.69 Å². The Labute approximate surface area is 98.2 Å². The summed E-state index contributed by atoms with van der Waals surface area (Å²) < 4.78 is 37.4. The molecule has 1 heterocycles. The largest absolute Gasteiger partial charge is 0.399 e. The lowest BCUT2D eigenvalue weighted by Gasteiger charge is -2.17. The summed E-state index contributed by atoms with van der Waals surface area (Å²) in [5.74, 6) is -1.17. The summed E-state index contributed by atoms with van der Waals surface area (Å²) >= 11 is 0. The maximum Gasteiger partial charge on any atom is 0.393 e. The Morgan fingerprint density at radius 1 is 1.24 bits per heavy atom. The molecule has 0 aliphatic carbocycles. The second kappa shape index (κ2) is 4.56. The Kier molecular flexibility index (Phi) is 3.28. The van der Waals surface area contributed by atoms with Crippen LogP contribution in [0, 0.1) is 5.92 Å². The fourth-order valence-corrected chi connectivity index (χ4v) is 2.12. The van der Waals surface area contributed by atoms with E-state index in [-0.39, 0.29) is 13.0 Å². The van der Waals surface area contributed by atoms with E-state index in [0.29, 0.717) is 18.8 Å². The Bertz CT molecular complexity index is 372. The van der Waals surface area contributed by atoms with Gasteiger partial charge in [0.1, 0.15) is 0 Å². The molecule has 1 fully saturated rings. The second-order valence-electron chi connectivity index (χ2n) is 4.50. The third-order valence-corrected chi connectivity index (χ3v) is 3.12. The molecule has 1 atom stereocenters. The van der Waals surface area contributed by atoms with Crippen molar-refractivity contribution in [2.24, 2.45) is 5.92 Å². The number of hydrogen-bond acceptors (Lipinski definition) is 2. The number of anilines is 1. The van der Waals surface area contributed by atoms with Crippen molar-refractivity contribution in [2.75, 3.05) is 18.8 Å². The Morgan fingerprint density at radius 3 is 2.41 bits per heavy atom. The van der Waals surface area contributed by atoms with Crippen molar-refractivity contribution in [3.63, 3.8) is 0 Å². The van der Waals surface area contributed by atoms with Gasteiger partial charge < -0.3 is 5.73 Å². The average molecular weight is 244 g/mol. The predicted octanol–water partition coefficient (Wildman–Crippen LogP) is 2.65. The van der Waals surface area contributed by atoms with Gasteiger partial charge in [-0.2, -0.15) is 13.2 Å². The molecule has 2 nitrogen and oxygen atoms in total. The Morgan fingerprint density at radius 2 is 1.88 bits per heavy atom. The first kappa shape index (κ1) is 12.2. The molecule has 1 aromatic rings. The fourth-order valence-electron chi connectivity index (χ4n) is 2.12. The summed E-state index contributed by atoms with van der Waals surface area (Å²) in [6, 6.07) is 7.26. The Balaban J connectivity index is 1.92. The molecule has 17 heavy (non-hydrogen) atoms. The molecule has 2 rings (SSSR count). The van der Waals surface area contributed by atoms with E-state index < -0.39 is 12.1 Å². The molecule has 2 N–H and O–H groups in total. The van der Waals surface area contributed by atoms with E-state index in [2.05, 4.69) is 0 Å². The minimum Gasteiger partial charge on any atom is -0.399 e. The van der Waals surface area contributed by atoms with Gasteiger partial charge in [-0.25, -0.2) is 0 Å². The van der Waals surface area contributed by atoms with Crippen molar-refractivity contribution < 1.29 is 13.2 Å². The number of nitrogen functional groups attached to an aromatic ring is 1. The number of nitrogens with zero attached hydrogens (tertiary/aromatic N) is 1. The third kappa shape index (κ3) is 3.12. The van der Waals surface area contributed by atoms with E-state index >= 15 is 0 Å². The highest BCUT2D eigenvalue weighted by molar-refractivity contribution is 5.39. The first-order valence-electron chi connectivity index (χ1n) is 5.58. The van der Waals surface area contributed by atoms with Gasteiger partial charge in [-0.3, -0.25) is 4.90 Å². The summed E-state index contributed by atoms with van der Waals surface area (Å²) in [6.07, 6.45) is -3.85. The minimum absolute atomic E-state index is 0.105. The summed E-state index contributed by atoms with van der Waals surface area (Å²) in [5, 5.41) is 0. The van der Waals surface area contributed by atoms with Crippen LogP contribution in [-0.4, -0.2) is 24.2 Å². The van der Waals surface area contributed by atoms with E-state index in [1.807, 2.05) is 17.0 Å². The van der Waals surface area contributed by atoms with E-state index in [4.69, 9.17) is 5.73 Å².